The van der Waals surface area contributed by atoms with E-state index in [0.717, 1.165) is 6.54 Å². The van der Waals surface area contributed by atoms with Crippen LogP contribution in [-0.2, 0) is 0 Å². The van der Waals surface area contributed by atoms with Gasteiger partial charge in [-0.2, -0.15) is 0 Å². The summed E-state index contributed by atoms with van der Waals surface area (Å²) >= 11 is 0. The summed E-state index contributed by atoms with van der Waals surface area (Å²) in [5, 5.41) is 3.58. The normalized spacial score (nSPS) is 19.9. The Labute approximate surface area is 102 Å². The minimum atomic E-state index is 0.418. The topological polar surface area (TPSA) is 12.0 Å². The van der Waals surface area contributed by atoms with Crippen molar-refractivity contribution in [1.29, 1.82) is 0 Å². The Kier molecular flexibility index (Phi) is 4.10. The Bertz CT molecular complexity index is 213. The van der Waals surface area contributed by atoms with Crippen LogP contribution in [0, 0.1) is 16.2 Å². The largest absolute Gasteiger partial charge is 0.316 e. The van der Waals surface area contributed by atoms with Crippen molar-refractivity contribution in [3.05, 3.63) is 0 Å². The molecule has 1 heteroatoms. The van der Waals surface area contributed by atoms with Gasteiger partial charge in [0.1, 0.15) is 0 Å². The molecule has 16 heavy (non-hydrogen) atoms. The standard InChI is InChI=1S/C15H31N/c1-13(2,3)12-16-11-7-8-15(9-10-15)14(4,5)6/h16H,7-12H2,1-6H3. The molecule has 0 unspecified atom stereocenters. The van der Waals surface area contributed by atoms with Crippen LogP contribution < -0.4 is 5.32 Å². The Hall–Kier alpha value is -0.0400. The van der Waals surface area contributed by atoms with E-state index in [1.165, 1.54) is 32.2 Å². The van der Waals surface area contributed by atoms with Gasteiger partial charge in [-0.05, 0) is 55.0 Å². The Morgan fingerprint density at radius 1 is 1.00 bits per heavy atom. The van der Waals surface area contributed by atoms with Crippen LogP contribution >= 0.6 is 0 Å². The predicted molar refractivity (Wildman–Crippen MR) is 72.7 cm³/mol. The molecular formula is C15H31N. The molecule has 0 aromatic heterocycles. The molecule has 0 atom stereocenters. The highest BCUT2D eigenvalue weighted by Gasteiger charge is 2.50. The minimum Gasteiger partial charge on any atom is -0.316 e. The van der Waals surface area contributed by atoms with E-state index in [2.05, 4.69) is 46.9 Å². The van der Waals surface area contributed by atoms with Crippen LogP contribution in [0.2, 0.25) is 0 Å². The van der Waals surface area contributed by atoms with E-state index in [0.29, 0.717) is 16.2 Å². The molecule has 1 N–H and O–H groups in total. The van der Waals surface area contributed by atoms with Crippen LogP contribution in [0.25, 0.3) is 0 Å². The van der Waals surface area contributed by atoms with E-state index in [1.54, 1.807) is 0 Å². The van der Waals surface area contributed by atoms with Crippen molar-refractivity contribution in [1.82, 2.24) is 5.32 Å². The lowest BCUT2D eigenvalue weighted by molar-refractivity contribution is 0.194. The number of hydrogen-bond acceptors (Lipinski definition) is 1. The molecule has 1 rings (SSSR count). The minimum absolute atomic E-state index is 0.418. The molecule has 1 aliphatic carbocycles. The number of hydrogen-bond donors (Lipinski definition) is 1. The lowest BCUT2D eigenvalue weighted by Crippen LogP contribution is -2.29. The van der Waals surface area contributed by atoms with E-state index in [4.69, 9.17) is 0 Å². The molecule has 0 bridgehead atoms. The molecule has 0 saturated heterocycles. The molecule has 0 aromatic rings. The van der Waals surface area contributed by atoms with Crippen molar-refractivity contribution in [2.45, 2.75) is 67.2 Å². The van der Waals surface area contributed by atoms with Gasteiger partial charge in [-0.15, -0.1) is 0 Å². The van der Waals surface area contributed by atoms with Crippen molar-refractivity contribution in [2.24, 2.45) is 16.2 Å². The second-order valence-corrected chi connectivity index (χ2v) is 7.87. The van der Waals surface area contributed by atoms with Crippen LogP contribution in [0.5, 0.6) is 0 Å². The Balaban J connectivity index is 2.13. The predicted octanol–water partition coefficient (Wildman–Crippen LogP) is 4.23. The molecule has 0 radical (unpaired) electrons. The molecule has 96 valence electrons. The van der Waals surface area contributed by atoms with Gasteiger partial charge in [0.25, 0.3) is 0 Å². The summed E-state index contributed by atoms with van der Waals surface area (Å²) in [5.74, 6) is 0. The van der Waals surface area contributed by atoms with Crippen LogP contribution in [0.4, 0.5) is 0 Å². The summed E-state index contributed by atoms with van der Waals surface area (Å²) < 4.78 is 0. The van der Waals surface area contributed by atoms with Crippen LogP contribution in [0.15, 0.2) is 0 Å². The zero-order valence-electron chi connectivity index (χ0n) is 12.2. The van der Waals surface area contributed by atoms with Crippen LogP contribution in [0.3, 0.4) is 0 Å². The fourth-order valence-electron chi connectivity index (χ4n) is 2.54. The van der Waals surface area contributed by atoms with E-state index in [9.17, 15) is 0 Å². The zero-order chi connectivity index (χ0) is 12.4. The van der Waals surface area contributed by atoms with Gasteiger partial charge >= 0.3 is 0 Å². The molecule has 0 heterocycles. The summed E-state index contributed by atoms with van der Waals surface area (Å²) in [7, 11) is 0. The maximum absolute atomic E-state index is 3.58. The highest BCUT2D eigenvalue weighted by Crippen LogP contribution is 2.61. The molecule has 0 aliphatic heterocycles. The van der Waals surface area contributed by atoms with Crippen molar-refractivity contribution in [3.8, 4) is 0 Å². The van der Waals surface area contributed by atoms with Gasteiger partial charge in [0.15, 0.2) is 0 Å². The van der Waals surface area contributed by atoms with Gasteiger partial charge in [-0.3, -0.25) is 0 Å². The average molecular weight is 225 g/mol. The zero-order valence-corrected chi connectivity index (χ0v) is 12.2. The third kappa shape index (κ3) is 4.08. The van der Waals surface area contributed by atoms with E-state index < -0.39 is 0 Å². The van der Waals surface area contributed by atoms with E-state index >= 15 is 0 Å². The third-order valence-electron chi connectivity index (χ3n) is 4.11. The second kappa shape index (κ2) is 4.68. The number of rotatable bonds is 5. The molecule has 0 aromatic carbocycles. The molecule has 1 aliphatic rings. The van der Waals surface area contributed by atoms with E-state index in [1.807, 2.05) is 0 Å². The first-order valence-corrected chi connectivity index (χ1v) is 6.87. The summed E-state index contributed by atoms with van der Waals surface area (Å²) in [5.41, 5.74) is 1.61. The average Bonchev–Trinajstić information content (AvgIpc) is 2.81. The van der Waals surface area contributed by atoms with Crippen molar-refractivity contribution in [2.75, 3.05) is 13.1 Å². The van der Waals surface area contributed by atoms with Gasteiger partial charge in [-0.25, -0.2) is 0 Å². The monoisotopic (exact) mass is 225 g/mol. The quantitative estimate of drug-likeness (QED) is 0.691. The molecule has 1 fully saturated rings. The summed E-state index contributed by atoms with van der Waals surface area (Å²) in [6.45, 7) is 16.4. The maximum Gasteiger partial charge on any atom is -0.0000125 e. The smallest absolute Gasteiger partial charge is 0.0000125 e. The fourth-order valence-corrected chi connectivity index (χ4v) is 2.54. The third-order valence-corrected chi connectivity index (χ3v) is 4.11. The van der Waals surface area contributed by atoms with Gasteiger partial charge < -0.3 is 5.32 Å². The fraction of sp³-hybridized carbons (Fsp3) is 1.00. The first-order valence-electron chi connectivity index (χ1n) is 6.87. The summed E-state index contributed by atoms with van der Waals surface area (Å²) in [4.78, 5) is 0. The maximum atomic E-state index is 3.58. The Morgan fingerprint density at radius 2 is 1.56 bits per heavy atom. The first-order chi connectivity index (χ1) is 7.16. The van der Waals surface area contributed by atoms with Gasteiger partial charge in [0, 0.05) is 0 Å². The SMILES string of the molecule is CC(C)(C)CNCCCC1(C(C)(C)C)CC1. The molecular weight excluding hydrogens is 194 g/mol. The van der Waals surface area contributed by atoms with Crippen LogP contribution in [0.1, 0.15) is 67.2 Å². The van der Waals surface area contributed by atoms with E-state index in [-0.39, 0.29) is 0 Å². The molecule has 0 amide bonds. The van der Waals surface area contributed by atoms with Gasteiger partial charge in [0.05, 0.1) is 0 Å². The van der Waals surface area contributed by atoms with Crippen molar-refractivity contribution >= 4 is 0 Å². The Morgan fingerprint density at radius 3 is 1.94 bits per heavy atom. The van der Waals surface area contributed by atoms with Crippen molar-refractivity contribution < 1.29 is 0 Å². The number of nitrogens with one attached hydrogen (secondary N) is 1. The summed E-state index contributed by atoms with van der Waals surface area (Å²) in [6, 6.07) is 0. The van der Waals surface area contributed by atoms with Gasteiger partial charge in [0.2, 0.25) is 0 Å². The molecule has 1 nitrogen and oxygen atoms in total. The summed E-state index contributed by atoms with van der Waals surface area (Å²) in [6.07, 6.45) is 5.66. The highest BCUT2D eigenvalue weighted by atomic mass is 14.9. The highest BCUT2D eigenvalue weighted by molar-refractivity contribution is 5.01. The first kappa shape index (κ1) is 14.0. The van der Waals surface area contributed by atoms with Crippen LogP contribution in [-0.4, -0.2) is 13.1 Å². The second-order valence-electron chi connectivity index (χ2n) is 7.87. The lowest BCUT2D eigenvalue weighted by atomic mass is 9.75. The molecule has 1 saturated carbocycles. The van der Waals surface area contributed by atoms with Gasteiger partial charge in [-0.1, -0.05) is 41.5 Å². The lowest BCUT2D eigenvalue weighted by Gasteiger charge is -2.31. The molecule has 0 spiro atoms. The van der Waals surface area contributed by atoms with Crippen molar-refractivity contribution in [3.63, 3.8) is 0 Å².